The van der Waals surface area contributed by atoms with Crippen molar-refractivity contribution in [2.45, 2.75) is 39.2 Å². The molecule has 1 atom stereocenters. The van der Waals surface area contributed by atoms with Crippen LogP contribution >= 0.6 is 0 Å². The molecule has 0 aliphatic carbocycles. The van der Waals surface area contributed by atoms with E-state index in [4.69, 9.17) is 10.3 Å². The molecule has 1 amide bonds. The number of likely N-dealkylation sites (tertiary alicyclic amines) is 1. The number of nitrogens with one attached hydrogen (secondary N) is 1. The summed E-state index contributed by atoms with van der Waals surface area (Å²) in [5, 5.41) is 10.9. The zero-order valence-electron chi connectivity index (χ0n) is 12.9. The average Bonchev–Trinajstić information content (AvgIpc) is 3.10. The van der Waals surface area contributed by atoms with E-state index in [1.807, 2.05) is 13.8 Å². The SMILES string of the molecule is Cc1noc(C)c1CN1CCC[C@@H](c2cc(C(N)=O)n[nH]2)C1. The van der Waals surface area contributed by atoms with Crippen LogP contribution in [0.2, 0.25) is 0 Å². The first-order valence-electron chi connectivity index (χ1n) is 7.54. The van der Waals surface area contributed by atoms with Crippen LogP contribution in [0.1, 0.15) is 52.0 Å². The number of hydrogen-bond acceptors (Lipinski definition) is 5. The largest absolute Gasteiger partial charge is 0.364 e. The highest BCUT2D eigenvalue weighted by molar-refractivity contribution is 5.90. The zero-order chi connectivity index (χ0) is 15.7. The topological polar surface area (TPSA) is 101 Å². The Morgan fingerprint density at radius 1 is 1.55 bits per heavy atom. The van der Waals surface area contributed by atoms with Crippen LogP contribution in [0, 0.1) is 13.8 Å². The summed E-state index contributed by atoms with van der Waals surface area (Å²) < 4.78 is 5.23. The Morgan fingerprint density at radius 3 is 3.00 bits per heavy atom. The van der Waals surface area contributed by atoms with Gasteiger partial charge in [-0.15, -0.1) is 0 Å². The molecule has 2 aromatic rings. The van der Waals surface area contributed by atoms with Crippen molar-refractivity contribution in [2.24, 2.45) is 5.73 Å². The number of piperidine rings is 1. The van der Waals surface area contributed by atoms with Crippen LogP contribution in [0.3, 0.4) is 0 Å². The molecule has 1 fully saturated rings. The second kappa shape index (κ2) is 5.92. The van der Waals surface area contributed by atoms with E-state index in [0.717, 1.165) is 49.6 Å². The van der Waals surface area contributed by atoms with Crippen LogP contribution < -0.4 is 5.73 Å². The molecule has 0 bridgehead atoms. The van der Waals surface area contributed by atoms with Crippen molar-refractivity contribution in [3.8, 4) is 0 Å². The van der Waals surface area contributed by atoms with E-state index in [0.29, 0.717) is 11.6 Å². The quantitative estimate of drug-likeness (QED) is 0.891. The Hall–Kier alpha value is -2.15. The second-order valence-corrected chi connectivity index (χ2v) is 5.95. The van der Waals surface area contributed by atoms with Gasteiger partial charge < -0.3 is 10.3 Å². The van der Waals surface area contributed by atoms with E-state index in [-0.39, 0.29) is 0 Å². The highest BCUT2D eigenvalue weighted by atomic mass is 16.5. The molecule has 7 heteroatoms. The highest BCUT2D eigenvalue weighted by Crippen LogP contribution is 2.27. The van der Waals surface area contributed by atoms with Gasteiger partial charge in [0.05, 0.1) is 5.69 Å². The van der Waals surface area contributed by atoms with Crippen LogP contribution in [0.5, 0.6) is 0 Å². The van der Waals surface area contributed by atoms with Crippen LogP contribution in [0.15, 0.2) is 10.6 Å². The summed E-state index contributed by atoms with van der Waals surface area (Å²) in [6.45, 7) is 6.74. The molecule has 3 heterocycles. The summed E-state index contributed by atoms with van der Waals surface area (Å²) in [5.74, 6) is 0.734. The number of aryl methyl sites for hydroxylation is 2. The van der Waals surface area contributed by atoms with Crippen molar-refractivity contribution in [3.05, 3.63) is 34.5 Å². The summed E-state index contributed by atoms with van der Waals surface area (Å²) in [6.07, 6.45) is 2.19. The highest BCUT2D eigenvalue weighted by Gasteiger charge is 2.25. The van der Waals surface area contributed by atoms with Gasteiger partial charge >= 0.3 is 0 Å². The van der Waals surface area contributed by atoms with E-state index >= 15 is 0 Å². The number of carbonyl (C=O) groups excluding carboxylic acids is 1. The van der Waals surface area contributed by atoms with Gasteiger partial charge in [-0.3, -0.25) is 14.8 Å². The lowest BCUT2D eigenvalue weighted by Gasteiger charge is -2.32. The van der Waals surface area contributed by atoms with Crippen molar-refractivity contribution in [1.29, 1.82) is 0 Å². The van der Waals surface area contributed by atoms with E-state index in [2.05, 4.69) is 20.3 Å². The number of aromatic nitrogens is 3. The predicted molar refractivity (Wildman–Crippen MR) is 80.3 cm³/mol. The molecule has 7 nitrogen and oxygen atoms in total. The van der Waals surface area contributed by atoms with Gasteiger partial charge in [0.15, 0.2) is 0 Å². The third-order valence-electron chi connectivity index (χ3n) is 4.36. The number of primary amides is 1. The summed E-state index contributed by atoms with van der Waals surface area (Å²) in [7, 11) is 0. The molecule has 2 aromatic heterocycles. The minimum absolute atomic E-state index is 0.304. The first kappa shape index (κ1) is 14.8. The number of hydrogen-bond donors (Lipinski definition) is 2. The lowest BCUT2D eigenvalue weighted by atomic mass is 9.94. The summed E-state index contributed by atoms with van der Waals surface area (Å²) in [5.41, 5.74) is 8.67. The second-order valence-electron chi connectivity index (χ2n) is 5.95. The molecule has 0 aromatic carbocycles. The van der Waals surface area contributed by atoms with Gasteiger partial charge in [-0.1, -0.05) is 5.16 Å². The van der Waals surface area contributed by atoms with E-state index in [1.54, 1.807) is 6.07 Å². The molecule has 0 spiro atoms. The zero-order valence-corrected chi connectivity index (χ0v) is 12.9. The monoisotopic (exact) mass is 303 g/mol. The van der Waals surface area contributed by atoms with Gasteiger partial charge in [-0.25, -0.2) is 0 Å². The maximum Gasteiger partial charge on any atom is 0.269 e. The lowest BCUT2D eigenvalue weighted by Crippen LogP contribution is -2.34. The molecule has 0 saturated carbocycles. The van der Waals surface area contributed by atoms with E-state index in [9.17, 15) is 4.79 Å². The van der Waals surface area contributed by atoms with Crippen molar-refractivity contribution >= 4 is 5.91 Å². The van der Waals surface area contributed by atoms with Crippen LogP contribution in [0.4, 0.5) is 0 Å². The predicted octanol–water partition coefficient (Wildman–Crippen LogP) is 1.49. The minimum atomic E-state index is -0.495. The van der Waals surface area contributed by atoms with Gasteiger partial charge in [0, 0.05) is 30.3 Å². The number of nitrogens with zero attached hydrogens (tertiary/aromatic N) is 3. The molecule has 0 unspecified atom stereocenters. The van der Waals surface area contributed by atoms with Gasteiger partial charge in [-0.05, 0) is 39.3 Å². The third kappa shape index (κ3) is 2.89. The number of carbonyl (C=O) groups is 1. The molecule has 22 heavy (non-hydrogen) atoms. The summed E-state index contributed by atoms with van der Waals surface area (Å²) in [4.78, 5) is 13.6. The number of amides is 1. The fraction of sp³-hybridized carbons (Fsp3) is 0.533. The molecule has 3 rings (SSSR count). The number of rotatable bonds is 4. The van der Waals surface area contributed by atoms with Crippen LogP contribution in [-0.4, -0.2) is 39.3 Å². The van der Waals surface area contributed by atoms with Crippen LogP contribution in [0.25, 0.3) is 0 Å². The molecule has 1 saturated heterocycles. The van der Waals surface area contributed by atoms with Gasteiger partial charge in [0.25, 0.3) is 5.91 Å². The number of nitrogens with two attached hydrogens (primary N) is 1. The van der Waals surface area contributed by atoms with E-state index in [1.165, 1.54) is 5.56 Å². The maximum absolute atomic E-state index is 11.2. The van der Waals surface area contributed by atoms with Crippen molar-refractivity contribution in [1.82, 2.24) is 20.3 Å². The first-order valence-corrected chi connectivity index (χ1v) is 7.54. The Balaban J connectivity index is 1.70. The molecule has 118 valence electrons. The van der Waals surface area contributed by atoms with Gasteiger partial charge in [0.1, 0.15) is 11.5 Å². The Labute approximate surface area is 128 Å². The lowest BCUT2D eigenvalue weighted by molar-refractivity contribution is 0.0995. The molecule has 1 aliphatic rings. The molecular formula is C15H21N5O2. The normalized spacial score (nSPS) is 19.5. The molecule has 1 aliphatic heterocycles. The summed E-state index contributed by atoms with van der Waals surface area (Å²) >= 11 is 0. The Bertz CT molecular complexity index is 656. The molecular weight excluding hydrogens is 282 g/mol. The Kier molecular flexibility index (Phi) is 3.98. The van der Waals surface area contributed by atoms with E-state index < -0.39 is 5.91 Å². The smallest absolute Gasteiger partial charge is 0.269 e. The maximum atomic E-state index is 11.2. The average molecular weight is 303 g/mol. The fourth-order valence-corrected chi connectivity index (χ4v) is 3.08. The molecule has 3 N–H and O–H groups in total. The first-order chi connectivity index (χ1) is 10.5. The number of aromatic amines is 1. The van der Waals surface area contributed by atoms with Crippen molar-refractivity contribution < 1.29 is 9.32 Å². The third-order valence-corrected chi connectivity index (χ3v) is 4.36. The fourth-order valence-electron chi connectivity index (χ4n) is 3.08. The van der Waals surface area contributed by atoms with Crippen molar-refractivity contribution in [2.75, 3.05) is 13.1 Å². The number of H-pyrrole nitrogens is 1. The van der Waals surface area contributed by atoms with Crippen molar-refractivity contribution in [3.63, 3.8) is 0 Å². The standard InChI is InChI=1S/C15H21N5O2/c1-9-12(10(2)22-19-9)8-20-5-3-4-11(7-20)13-6-14(15(16)21)18-17-13/h6,11H,3-5,7-8H2,1-2H3,(H2,16,21)(H,17,18)/t11-/m1/s1. The molecule has 0 radical (unpaired) electrons. The van der Waals surface area contributed by atoms with Gasteiger partial charge in [0.2, 0.25) is 0 Å². The van der Waals surface area contributed by atoms with Crippen LogP contribution in [-0.2, 0) is 6.54 Å². The summed E-state index contributed by atoms with van der Waals surface area (Å²) in [6, 6.07) is 1.77. The Morgan fingerprint density at radius 2 is 2.36 bits per heavy atom. The minimum Gasteiger partial charge on any atom is -0.364 e. The van der Waals surface area contributed by atoms with Gasteiger partial charge in [-0.2, -0.15) is 5.10 Å².